The summed E-state index contributed by atoms with van der Waals surface area (Å²) in [6.07, 6.45) is 8.25. The van der Waals surface area contributed by atoms with Crippen LogP contribution in [0.3, 0.4) is 0 Å². The van der Waals surface area contributed by atoms with Crippen LogP contribution in [-0.4, -0.2) is 37.3 Å². The zero-order valence-electron chi connectivity index (χ0n) is 10.8. The highest BCUT2D eigenvalue weighted by Crippen LogP contribution is 2.18. The summed E-state index contributed by atoms with van der Waals surface area (Å²) in [4.78, 5) is 0. The third-order valence-corrected chi connectivity index (χ3v) is 4.45. The zero-order valence-corrected chi connectivity index (χ0v) is 11.7. The largest absolute Gasteiger partial charge is 0.385 e. The Morgan fingerprint density at radius 1 is 1.31 bits per heavy atom. The molecule has 0 aliphatic heterocycles. The molecular formula is C13H27NOS. The van der Waals surface area contributed by atoms with Crippen LogP contribution >= 0.6 is 11.8 Å². The van der Waals surface area contributed by atoms with Gasteiger partial charge in [-0.3, -0.25) is 0 Å². The number of thioether (sulfide) groups is 1. The van der Waals surface area contributed by atoms with Crippen LogP contribution in [0.5, 0.6) is 0 Å². The molecule has 1 rings (SSSR count). The molecule has 1 fully saturated rings. The van der Waals surface area contributed by atoms with E-state index in [1.165, 1.54) is 50.8 Å². The Hall–Kier alpha value is 0.270. The minimum atomic E-state index is 0.735. The third-order valence-electron chi connectivity index (χ3n) is 3.19. The highest BCUT2D eigenvalue weighted by atomic mass is 32.2. The van der Waals surface area contributed by atoms with Gasteiger partial charge >= 0.3 is 0 Å². The molecule has 0 spiro atoms. The van der Waals surface area contributed by atoms with Gasteiger partial charge in [0, 0.05) is 31.6 Å². The van der Waals surface area contributed by atoms with Crippen LogP contribution in [0, 0.1) is 0 Å². The lowest BCUT2D eigenvalue weighted by Crippen LogP contribution is -2.35. The van der Waals surface area contributed by atoms with Crippen molar-refractivity contribution in [2.75, 3.05) is 26.0 Å². The first-order valence-electron chi connectivity index (χ1n) is 6.67. The molecule has 96 valence electrons. The van der Waals surface area contributed by atoms with E-state index in [9.17, 15) is 0 Å². The first-order chi connectivity index (χ1) is 7.83. The second-order valence-corrected chi connectivity index (χ2v) is 6.32. The molecule has 1 aliphatic rings. The Morgan fingerprint density at radius 3 is 2.75 bits per heavy atom. The van der Waals surface area contributed by atoms with Crippen molar-refractivity contribution in [2.24, 2.45) is 0 Å². The lowest BCUT2D eigenvalue weighted by Gasteiger charge is -2.24. The van der Waals surface area contributed by atoms with Gasteiger partial charge in [0.05, 0.1) is 0 Å². The van der Waals surface area contributed by atoms with Crippen molar-refractivity contribution in [3.63, 3.8) is 0 Å². The smallest absolute Gasteiger partial charge is 0.0470 e. The van der Waals surface area contributed by atoms with Crippen molar-refractivity contribution in [3.05, 3.63) is 0 Å². The van der Waals surface area contributed by atoms with E-state index in [1.54, 1.807) is 7.11 Å². The molecule has 0 bridgehead atoms. The molecule has 1 N–H and O–H groups in total. The number of rotatable bonds is 8. The first-order valence-corrected chi connectivity index (χ1v) is 7.71. The molecule has 0 heterocycles. The molecule has 0 aromatic heterocycles. The van der Waals surface area contributed by atoms with E-state index in [1.807, 2.05) is 0 Å². The Morgan fingerprint density at radius 2 is 2.06 bits per heavy atom. The van der Waals surface area contributed by atoms with Gasteiger partial charge in [0.25, 0.3) is 0 Å². The van der Waals surface area contributed by atoms with Crippen molar-refractivity contribution < 1.29 is 4.74 Å². The van der Waals surface area contributed by atoms with Crippen LogP contribution in [0.1, 0.15) is 45.4 Å². The van der Waals surface area contributed by atoms with Crippen LogP contribution < -0.4 is 5.32 Å². The number of hydrogen-bond acceptors (Lipinski definition) is 3. The summed E-state index contributed by atoms with van der Waals surface area (Å²) in [5, 5.41) is 4.45. The number of nitrogens with one attached hydrogen (secondary N) is 1. The summed E-state index contributed by atoms with van der Waals surface area (Å²) in [5.74, 6) is 1.22. The van der Waals surface area contributed by atoms with E-state index in [-0.39, 0.29) is 0 Å². The second kappa shape index (κ2) is 9.32. The summed E-state index contributed by atoms with van der Waals surface area (Å²) in [5.41, 5.74) is 0. The summed E-state index contributed by atoms with van der Waals surface area (Å²) in [6, 6.07) is 0.802. The summed E-state index contributed by atoms with van der Waals surface area (Å²) >= 11 is 2.06. The average molecular weight is 245 g/mol. The molecule has 2 nitrogen and oxygen atoms in total. The average Bonchev–Trinajstić information content (AvgIpc) is 2.33. The molecule has 1 unspecified atom stereocenters. The molecule has 1 saturated carbocycles. The van der Waals surface area contributed by atoms with Crippen LogP contribution in [0.4, 0.5) is 0 Å². The second-order valence-electron chi connectivity index (χ2n) is 4.77. The highest BCUT2D eigenvalue weighted by molar-refractivity contribution is 7.99. The molecule has 3 heteroatoms. The lowest BCUT2D eigenvalue weighted by atomic mass is 9.95. The molecule has 0 saturated heterocycles. The van der Waals surface area contributed by atoms with Gasteiger partial charge in [0.1, 0.15) is 0 Å². The van der Waals surface area contributed by atoms with Gasteiger partial charge in [-0.25, -0.2) is 0 Å². The van der Waals surface area contributed by atoms with Gasteiger partial charge in [0.2, 0.25) is 0 Å². The van der Waals surface area contributed by atoms with Crippen LogP contribution in [0.2, 0.25) is 0 Å². The Balaban J connectivity index is 1.94. The lowest BCUT2D eigenvalue weighted by molar-refractivity contribution is 0.200. The van der Waals surface area contributed by atoms with Gasteiger partial charge < -0.3 is 10.1 Å². The number of ether oxygens (including phenoxy) is 1. The Bertz CT molecular complexity index is 160. The molecule has 1 atom stereocenters. The maximum atomic E-state index is 5.05. The maximum Gasteiger partial charge on any atom is 0.0470 e. The zero-order chi connectivity index (χ0) is 11.6. The van der Waals surface area contributed by atoms with Crippen LogP contribution in [-0.2, 0) is 4.74 Å². The van der Waals surface area contributed by atoms with E-state index < -0.39 is 0 Å². The number of methoxy groups -OCH3 is 1. The minimum absolute atomic E-state index is 0.735. The van der Waals surface area contributed by atoms with E-state index in [0.717, 1.165) is 17.9 Å². The minimum Gasteiger partial charge on any atom is -0.385 e. The summed E-state index contributed by atoms with van der Waals surface area (Å²) < 4.78 is 5.05. The normalized spacial score (nSPS) is 19.9. The fourth-order valence-corrected chi connectivity index (χ4v) is 3.09. The quantitative estimate of drug-likeness (QED) is 0.664. The van der Waals surface area contributed by atoms with Crippen LogP contribution in [0.15, 0.2) is 0 Å². The molecule has 1 aliphatic carbocycles. The standard InChI is InChI=1S/C13H27NOS/c1-12(16-10-6-9-15-2)11-14-13-7-4-3-5-8-13/h12-14H,3-11H2,1-2H3. The molecule has 0 amide bonds. The van der Waals surface area contributed by atoms with Gasteiger partial charge in [-0.2, -0.15) is 11.8 Å². The first kappa shape index (κ1) is 14.3. The summed E-state index contributed by atoms with van der Waals surface area (Å²) in [6.45, 7) is 4.39. The summed E-state index contributed by atoms with van der Waals surface area (Å²) in [7, 11) is 1.78. The topological polar surface area (TPSA) is 21.3 Å². The molecular weight excluding hydrogens is 218 g/mol. The molecule has 0 radical (unpaired) electrons. The van der Waals surface area contributed by atoms with Crippen molar-refractivity contribution in [1.82, 2.24) is 5.32 Å². The van der Waals surface area contributed by atoms with E-state index in [2.05, 4.69) is 24.0 Å². The highest BCUT2D eigenvalue weighted by Gasteiger charge is 2.13. The Kier molecular flexibility index (Phi) is 8.34. The molecule has 0 aromatic rings. The van der Waals surface area contributed by atoms with Crippen molar-refractivity contribution >= 4 is 11.8 Å². The van der Waals surface area contributed by atoms with E-state index in [0.29, 0.717) is 0 Å². The van der Waals surface area contributed by atoms with Crippen LogP contribution in [0.25, 0.3) is 0 Å². The Labute approximate surface area is 105 Å². The van der Waals surface area contributed by atoms with Crippen molar-refractivity contribution in [1.29, 1.82) is 0 Å². The van der Waals surface area contributed by atoms with Gasteiger partial charge in [-0.1, -0.05) is 26.2 Å². The fourth-order valence-electron chi connectivity index (χ4n) is 2.19. The predicted octanol–water partition coefficient (Wildman–Crippen LogP) is 3.07. The SMILES string of the molecule is COCCCSC(C)CNC1CCCCC1. The van der Waals surface area contributed by atoms with Crippen molar-refractivity contribution in [3.8, 4) is 0 Å². The van der Waals surface area contributed by atoms with Crippen molar-refractivity contribution in [2.45, 2.75) is 56.7 Å². The number of hydrogen-bond donors (Lipinski definition) is 1. The van der Waals surface area contributed by atoms with Gasteiger partial charge in [-0.05, 0) is 25.0 Å². The van der Waals surface area contributed by atoms with E-state index in [4.69, 9.17) is 4.74 Å². The predicted molar refractivity (Wildman–Crippen MR) is 73.3 cm³/mol. The van der Waals surface area contributed by atoms with Gasteiger partial charge in [-0.15, -0.1) is 0 Å². The maximum absolute atomic E-state index is 5.05. The molecule has 0 aromatic carbocycles. The fraction of sp³-hybridized carbons (Fsp3) is 1.00. The molecule has 16 heavy (non-hydrogen) atoms. The third kappa shape index (κ3) is 6.77. The monoisotopic (exact) mass is 245 g/mol. The van der Waals surface area contributed by atoms with Gasteiger partial charge in [0.15, 0.2) is 0 Å². The van der Waals surface area contributed by atoms with E-state index >= 15 is 0 Å².